The summed E-state index contributed by atoms with van der Waals surface area (Å²) in [6.07, 6.45) is 0. The fourth-order valence-corrected chi connectivity index (χ4v) is 1.89. The molecule has 2 aromatic carbocycles. The Labute approximate surface area is 146 Å². The largest absolute Gasteiger partial charge is 0.497 e. The molecular weight excluding hydrogens is 350 g/mol. The number of anilines is 1. The Balaban J connectivity index is 1.81. The summed E-state index contributed by atoms with van der Waals surface area (Å²) in [6, 6.07) is 7.61. The number of methoxy groups -OCH3 is 1. The Bertz CT molecular complexity index is 804. The smallest absolute Gasteiger partial charge is 0.338 e. The molecule has 2 rings (SSSR count). The Hall–Kier alpha value is -3.49. The molecule has 0 radical (unpaired) electrons. The topological polar surface area (TPSA) is 93.7 Å². The molecule has 7 nitrogen and oxygen atoms in total. The number of carbonyl (C=O) groups excluding carboxylic acids is 3. The van der Waals surface area contributed by atoms with Gasteiger partial charge in [-0.15, -0.1) is 0 Å². The van der Waals surface area contributed by atoms with Crippen LogP contribution in [0.25, 0.3) is 0 Å². The predicted molar refractivity (Wildman–Crippen MR) is 86.8 cm³/mol. The summed E-state index contributed by atoms with van der Waals surface area (Å²) < 4.78 is 35.6. The summed E-state index contributed by atoms with van der Waals surface area (Å²) in [5, 5.41) is 4.33. The zero-order valence-electron chi connectivity index (χ0n) is 13.5. The van der Waals surface area contributed by atoms with Crippen molar-refractivity contribution in [2.24, 2.45) is 0 Å². The second kappa shape index (κ2) is 8.56. The molecule has 0 atom stereocenters. The minimum atomic E-state index is -1.10. The van der Waals surface area contributed by atoms with Crippen LogP contribution in [0.3, 0.4) is 0 Å². The summed E-state index contributed by atoms with van der Waals surface area (Å²) in [6.45, 7) is -0.799. The van der Waals surface area contributed by atoms with Crippen molar-refractivity contribution in [1.82, 2.24) is 5.32 Å². The van der Waals surface area contributed by atoms with Crippen molar-refractivity contribution in [3.63, 3.8) is 0 Å². The standard InChI is InChI=1S/C17H14F2N2O5/c1-25-14-4-2-13(3-5-14)20-17(24)21-15(22)9-26-16(23)10-6-11(18)8-12(19)7-10/h2-8H,9H2,1H3,(H2,20,21,22,24). The number of halogens is 2. The Morgan fingerprint density at radius 2 is 1.62 bits per heavy atom. The fraction of sp³-hybridized carbons (Fsp3) is 0.118. The molecule has 0 aromatic heterocycles. The maximum atomic E-state index is 13.0. The number of benzene rings is 2. The molecule has 26 heavy (non-hydrogen) atoms. The highest BCUT2D eigenvalue weighted by Crippen LogP contribution is 2.14. The monoisotopic (exact) mass is 364 g/mol. The summed E-state index contributed by atoms with van der Waals surface area (Å²) in [5.41, 5.74) is 0.0151. The number of imide groups is 1. The molecule has 2 N–H and O–H groups in total. The maximum Gasteiger partial charge on any atom is 0.338 e. The molecule has 0 aliphatic heterocycles. The highest BCUT2D eigenvalue weighted by atomic mass is 19.1. The SMILES string of the molecule is COc1ccc(NC(=O)NC(=O)COC(=O)c2cc(F)cc(F)c2)cc1. The molecule has 2 aromatic rings. The van der Waals surface area contributed by atoms with Crippen molar-refractivity contribution in [3.8, 4) is 5.75 Å². The molecule has 0 saturated heterocycles. The van der Waals surface area contributed by atoms with Crippen LogP contribution < -0.4 is 15.4 Å². The van der Waals surface area contributed by atoms with Crippen LogP contribution in [0.1, 0.15) is 10.4 Å². The van der Waals surface area contributed by atoms with Crippen molar-refractivity contribution in [2.75, 3.05) is 19.0 Å². The minimum Gasteiger partial charge on any atom is -0.497 e. The third-order valence-electron chi connectivity index (χ3n) is 3.03. The molecule has 0 saturated carbocycles. The number of rotatable bonds is 5. The lowest BCUT2D eigenvalue weighted by atomic mass is 10.2. The number of nitrogens with one attached hydrogen (secondary N) is 2. The molecule has 9 heteroatoms. The van der Waals surface area contributed by atoms with E-state index in [9.17, 15) is 23.2 Å². The molecule has 0 aliphatic rings. The van der Waals surface area contributed by atoms with Crippen LogP contribution in [0.5, 0.6) is 5.75 Å². The lowest BCUT2D eigenvalue weighted by molar-refractivity contribution is -0.123. The van der Waals surface area contributed by atoms with E-state index < -0.39 is 41.7 Å². The Kier molecular flexibility index (Phi) is 6.20. The van der Waals surface area contributed by atoms with E-state index in [2.05, 4.69) is 10.1 Å². The molecule has 0 unspecified atom stereocenters. The van der Waals surface area contributed by atoms with Gasteiger partial charge in [0.15, 0.2) is 6.61 Å². The van der Waals surface area contributed by atoms with E-state index in [1.807, 2.05) is 5.32 Å². The predicted octanol–water partition coefficient (Wildman–Crippen LogP) is 2.48. The van der Waals surface area contributed by atoms with E-state index >= 15 is 0 Å². The van der Waals surface area contributed by atoms with Crippen LogP contribution in [0.15, 0.2) is 42.5 Å². The molecule has 136 valence electrons. The van der Waals surface area contributed by atoms with Gasteiger partial charge in [-0.1, -0.05) is 0 Å². The van der Waals surface area contributed by atoms with E-state index in [0.29, 0.717) is 17.5 Å². The van der Waals surface area contributed by atoms with Crippen molar-refractivity contribution in [1.29, 1.82) is 0 Å². The summed E-state index contributed by atoms with van der Waals surface area (Å²) in [5.74, 6) is -3.34. The van der Waals surface area contributed by atoms with E-state index in [0.717, 1.165) is 12.1 Å². The first-order valence-corrected chi connectivity index (χ1v) is 7.25. The average molecular weight is 364 g/mol. The lowest BCUT2D eigenvalue weighted by Gasteiger charge is -2.08. The first kappa shape index (κ1) is 18.8. The number of ether oxygens (including phenoxy) is 2. The van der Waals surface area contributed by atoms with Crippen LogP contribution in [0.4, 0.5) is 19.3 Å². The van der Waals surface area contributed by atoms with Gasteiger partial charge in [-0.2, -0.15) is 0 Å². The number of hydrogen-bond donors (Lipinski definition) is 2. The third kappa shape index (κ3) is 5.55. The van der Waals surface area contributed by atoms with Crippen LogP contribution in [0.2, 0.25) is 0 Å². The number of urea groups is 1. The molecule has 3 amide bonds. The van der Waals surface area contributed by atoms with Gasteiger partial charge in [-0.05, 0) is 36.4 Å². The van der Waals surface area contributed by atoms with Gasteiger partial charge < -0.3 is 14.8 Å². The van der Waals surface area contributed by atoms with Gasteiger partial charge in [-0.3, -0.25) is 10.1 Å². The van der Waals surface area contributed by atoms with Crippen molar-refractivity contribution in [3.05, 3.63) is 59.7 Å². The molecule has 0 aliphatic carbocycles. The van der Waals surface area contributed by atoms with E-state index in [1.54, 1.807) is 24.3 Å². The number of esters is 1. The second-order valence-corrected chi connectivity index (χ2v) is 4.97. The molecule has 0 bridgehead atoms. The Morgan fingerprint density at radius 1 is 1.00 bits per heavy atom. The molecule has 0 heterocycles. The van der Waals surface area contributed by atoms with Crippen molar-refractivity contribution < 1.29 is 32.6 Å². The van der Waals surface area contributed by atoms with Gasteiger partial charge in [0, 0.05) is 11.8 Å². The zero-order chi connectivity index (χ0) is 19.1. The van der Waals surface area contributed by atoms with E-state index in [1.165, 1.54) is 7.11 Å². The van der Waals surface area contributed by atoms with Crippen molar-refractivity contribution in [2.45, 2.75) is 0 Å². The van der Waals surface area contributed by atoms with E-state index in [4.69, 9.17) is 4.74 Å². The summed E-state index contributed by atoms with van der Waals surface area (Å²) in [4.78, 5) is 34.9. The molecular formula is C17H14F2N2O5. The first-order valence-electron chi connectivity index (χ1n) is 7.25. The number of hydrogen-bond acceptors (Lipinski definition) is 5. The van der Waals surface area contributed by atoms with Gasteiger partial charge >= 0.3 is 12.0 Å². The van der Waals surface area contributed by atoms with Gasteiger partial charge in [0.05, 0.1) is 12.7 Å². The number of carbonyl (C=O) groups is 3. The second-order valence-electron chi connectivity index (χ2n) is 4.97. The summed E-state index contributed by atoms with van der Waals surface area (Å²) >= 11 is 0. The number of amides is 3. The lowest BCUT2D eigenvalue weighted by Crippen LogP contribution is -2.37. The van der Waals surface area contributed by atoms with E-state index in [-0.39, 0.29) is 0 Å². The quantitative estimate of drug-likeness (QED) is 0.795. The van der Waals surface area contributed by atoms with Crippen LogP contribution in [-0.2, 0) is 9.53 Å². The van der Waals surface area contributed by atoms with Gasteiger partial charge in [0.2, 0.25) is 0 Å². The highest BCUT2D eigenvalue weighted by Gasteiger charge is 2.14. The maximum absolute atomic E-state index is 13.0. The molecule has 0 fully saturated rings. The Morgan fingerprint density at radius 3 is 2.19 bits per heavy atom. The first-order chi connectivity index (χ1) is 12.4. The minimum absolute atomic E-state index is 0.391. The van der Waals surface area contributed by atoms with Crippen LogP contribution >= 0.6 is 0 Å². The zero-order valence-corrected chi connectivity index (χ0v) is 13.5. The van der Waals surface area contributed by atoms with Crippen molar-refractivity contribution >= 4 is 23.6 Å². The van der Waals surface area contributed by atoms with Crippen LogP contribution in [-0.4, -0.2) is 31.6 Å². The normalized spacial score (nSPS) is 9.96. The average Bonchev–Trinajstić information content (AvgIpc) is 2.59. The van der Waals surface area contributed by atoms with Gasteiger partial charge in [0.25, 0.3) is 5.91 Å². The highest BCUT2D eigenvalue weighted by molar-refractivity contribution is 6.02. The van der Waals surface area contributed by atoms with Gasteiger partial charge in [-0.25, -0.2) is 18.4 Å². The fourth-order valence-electron chi connectivity index (χ4n) is 1.89. The third-order valence-corrected chi connectivity index (χ3v) is 3.03. The summed E-state index contributed by atoms with van der Waals surface area (Å²) in [7, 11) is 1.49. The van der Waals surface area contributed by atoms with Gasteiger partial charge in [0.1, 0.15) is 17.4 Å². The molecule has 0 spiro atoms. The van der Waals surface area contributed by atoms with Crippen LogP contribution in [0, 0.1) is 11.6 Å².